The Kier molecular flexibility index (Phi) is 16.5. The number of rotatable bonds is 24. The Bertz CT molecular complexity index is 2450. The highest BCUT2D eigenvalue weighted by atomic mass is 32.2. The minimum absolute atomic E-state index is 0.0602. The molecule has 20 heteroatoms. The van der Waals surface area contributed by atoms with Crippen molar-refractivity contribution in [1.29, 1.82) is 0 Å². The molecule has 6 rings (SSSR count). The quantitative estimate of drug-likeness (QED) is 0.0488. The zero-order valence-electron chi connectivity index (χ0n) is 35.4. The molecule has 5 N–H and O–H groups in total. The van der Waals surface area contributed by atoms with Gasteiger partial charge in [0.25, 0.3) is 17.7 Å². The van der Waals surface area contributed by atoms with Crippen molar-refractivity contribution in [2.45, 2.75) is 82.7 Å². The Labute approximate surface area is 375 Å². The van der Waals surface area contributed by atoms with E-state index in [0.717, 1.165) is 59.2 Å². The molecule has 18 nitrogen and oxygen atoms in total. The molecule has 2 aliphatic heterocycles. The number of nitrogens with one attached hydrogen (secondary N) is 5. The fourth-order valence-corrected chi connectivity index (χ4v) is 8.60. The van der Waals surface area contributed by atoms with E-state index in [1.54, 1.807) is 18.2 Å². The Morgan fingerprint density at radius 3 is 2.39 bits per heavy atom. The maximum absolute atomic E-state index is 13.4. The highest BCUT2D eigenvalue weighted by Crippen LogP contribution is 2.32. The number of carbonyl (C=O) groups is 7. The number of carbonyl (C=O) groups excluding carboxylic acids is 7. The van der Waals surface area contributed by atoms with E-state index in [0.29, 0.717) is 36.0 Å². The number of fused-ring (bicyclic) bond motifs is 1. The van der Waals surface area contributed by atoms with E-state index in [1.165, 1.54) is 29.8 Å². The number of unbranched alkanes of at least 4 members (excludes halogenated alkanes) is 5. The largest absolute Gasteiger partial charge is 0.384 e. The summed E-state index contributed by atoms with van der Waals surface area (Å²) in [5.41, 5.74) is 2.66. The SMILES string of the molecule is CS(=O)(=O)n1ccc(C(=O)N[C@@H](CCOCCCC(=O)NCCCCCCCCNc2cccc3c2C(=O)N(C2CCC(=O)NC2=O)C3=O)C(=O)Nc2nc(-c3ccccc3)cs2)c1. The third-order valence-electron chi connectivity index (χ3n) is 10.7. The average Bonchev–Trinajstić information content (AvgIpc) is 4.02. The lowest BCUT2D eigenvalue weighted by Gasteiger charge is -2.27. The van der Waals surface area contributed by atoms with E-state index < -0.39 is 57.6 Å². The van der Waals surface area contributed by atoms with Gasteiger partial charge in [-0.2, -0.15) is 0 Å². The molecule has 0 aliphatic carbocycles. The van der Waals surface area contributed by atoms with Crippen molar-refractivity contribution >= 4 is 73.5 Å². The minimum Gasteiger partial charge on any atom is -0.384 e. The van der Waals surface area contributed by atoms with Crippen LogP contribution in [0, 0.1) is 0 Å². The monoisotopic (exact) mass is 916 g/mol. The summed E-state index contributed by atoms with van der Waals surface area (Å²) in [4.78, 5) is 94.6. The van der Waals surface area contributed by atoms with Gasteiger partial charge in [-0.1, -0.05) is 62.1 Å². The fourth-order valence-electron chi connectivity index (χ4n) is 7.29. The molecule has 1 unspecified atom stereocenters. The van der Waals surface area contributed by atoms with E-state index in [-0.39, 0.29) is 61.5 Å². The number of nitrogens with zero attached hydrogens (tertiary/aromatic N) is 3. The van der Waals surface area contributed by atoms with Crippen LogP contribution in [0.25, 0.3) is 11.3 Å². The molecule has 0 saturated carbocycles. The van der Waals surface area contributed by atoms with Gasteiger partial charge in [-0.3, -0.25) is 47.8 Å². The van der Waals surface area contributed by atoms with Gasteiger partial charge in [-0.15, -0.1) is 11.3 Å². The Balaban J connectivity index is 0.833. The molecule has 2 atom stereocenters. The number of hydrogen-bond acceptors (Lipinski definition) is 13. The van der Waals surface area contributed by atoms with Crippen molar-refractivity contribution < 1.29 is 46.7 Å². The molecule has 4 heterocycles. The predicted molar refractivity (Wildman–Crippen MR) is 239 cm³/mol. The molecule has 2 aliphatic rings. The normalized spacial score (nSPS) is 15.4. The van der Waals surface area contributed by atoms with Gasteiger partial charge in [-0.25, -0.2) is 13.4 Å². The van der Waals surface area contributed by atoms with Crippen LogP contribution < -0.4 is 26.6 Å². The van der Waals surface area contributed by atoms with Crippen molar-refractivity contribution in [2.24, 2.45) is 0 Å². The second-order valence-corrected chi connectivity index (χ2v) is 18.2. The van der Waals surface area contributed by atoms with Gasteiger partial charge in [0, 0.05) is 68.2 Å². The van der Waals surface area contributed by atoms with E-state index in [1.807, 2.05) is 35.7 Å². The third-order valence-corrected chi connectivity index (χ3v) is 12.4. The lowest BCUT2D eigenvalue weighted by molar-refractivity contribution is -0.136. The zero-order valence-corrected chi connectivity index (χ0v) is 37.1. The van der Waals surface area contributed by atoms with Gasteiger partial charge in [0.15, 0.2) is 5.13 Å². The lowest BCUT2D eigenvalue weighted by Crippen LogP contribution is -2.54. The first-order chi connectivity index (χ1) is 30.8. The Morgan fingerprint density at radius 2 is 1.66 bits per heavy atom. The molecule has 1 fully saturated rings. The second-order valence-electron chi connectivity index (χ2n) is 15.5. The van der Waals surface area contributed by atoms with Crippen molar-refractivity contribution in [3.8, 4) is 11.3 Å². The van der Waals surface area contributed by atoms with Crippen LogP contribution in [-0.2, 0) is 33.9 Å². The van der Waals surface area contributed by atoms with Crippen LogP contribution in [0.15, 0.2) is 72.4 Å². The van der Waals surface area contributed by atoms with Crippen molar-refractivity contribution in [2.75, 3.05) is 43.2 Å². The van der Waals surface area contributed by atoms with Crippen LogP contribution >= 0.6 is 11.3 Å². The summed E-state index contributed by atoms with van der Waals surface area (Å²) >= 11 is 1.24. The fraction of sp³-hybridized carbons (Fsp3) is 0.409. The Hall–Kier alpha value is -6.25. The summed E-state index contributed by atoms with van der Waals surface area (Å²) in [7, 11) is -3.61. The highest BCUT2D eigenvalue weighted by molar-refractivity contribution is 7.89. The van der Waals surface area contributed by atoms with Crippen molar-refractivity contribution in [3.63, 3.8) is 0 Å². The number of ether oxygens (including phenoxy) is 1. The molecule has 2 aromatic carbocycles. The van der Waals surface area contributed by atoms with Crippen LogP contribution in [0.4, 0.5) is 10.8 Å². The maximum Gasteiger partial charge on any atom is 0.264 e. The van der Waals surface area contributed by atoms with Gasteiger partial charge in [-0.05, 0) is 50.3 Å². The summed E-state index contributed by atoms with van der Waals surface area (Å²) in [6.07, 6.45) is 9.97. The van der Waals surface area contributed by atoms with Gasteiger partial charge < -0.3 is 26.0 Å². The number of aromatic nitrogens is 2. The second kappa shape index (κ2) is 22.4. The minimum atomic E-state index is -3.61. The summed E-state index contributed by atoms with van der Waals surface area (Å²) in [6.45, 7) is 1.51. The standard InChI is InChI=1S/C44H52N8O10S2/c1-64(60,61)51-24-20-30(27-51)39(55)47-33(40(56)50-44-48-34(28-63-44)29-13-7-6-8-14-29)21-26-62-25-12-17-36(53)46-23-10-5-3-2-4-9-22-45-32-16-11-15-31-38(32)43(59)52(42(31)58)35-18-19-37(54)49-41(35)57/h6-8,11,13-16,20,24,27-28,33,35,45H,2-5,9-10,12,17-19,21-23,25-26H2,1H3,(H,46,53)(H,47,55)(H,48,50,56)(H,49,54,57)/t33-,35?/m0/s1. The zero-order chi connectivity index (χ0) is 45.6. The van der Waals surface area contributed by atoms with Crippen molar-refractivity contribution in [3.05, 3.63) is 89.1 Å². The molecular formula is C44H52N8O10S2. The first-order valence-electron chi connectivity index (χ1n) is 21.2. The van der Waals surface area contributed by atoms with E-state index in [2.05, 4.69) is 31.6 Å². The van der Waals surface area contributed by atoms with Gasteiger partial charge >= 0.3 is 0 Å². The van der Waals surface area contributed by atoms with Crippen molar-refractivity contribution in [1.82, 2.24) is 29.8 Å². The van der Waals surface area contributed by atoms with Crippen LogP contribution in [0.5, 0.6) is 0 Å². The van der Waals surface area contributed by atoms with Crippen LogP contribution in [0.3, 0.4) is 0 Å². The Morgan fingerprint density at radius 1 is 0.906 bits per heavy atom. The van der Waals surface area contributed by atoms with Gasteiger partial charge in [0.2, 0.25) is 33.7 Å². The van der Waals surface area contributed by atoms with E-state index >= 15 is 0 Å². The van der Waals surface area contributed by atoms with E-state index in [4.69, 9.17) is 4.74 Å². The number of piperidine rings is 1. The lowest BCUT2D eigenvalue weighted by atomic mass is 10.0. The third kappa shape index (κ3) is 12.7. The van der Waals surface area contributed by atoms with Gasteiger partial charge in [0.05, 0.1) is 28.6 Å². The van der Waals surface area contributed by atoms with Crippen LogP contribution in [-0.4, -0.2) is 108 Å². The summed E-state index contributed by atoms with van der Waals surface area (Å²) in [5, 5.41) is 16.0. The summed E-state index contributed by atoms with van der Waals surface area (Å²) in [5.74, 6) is -3.38. The number of anilines is 2. The molecule has 1 saturated heterocycles. The molecule has 0 radical (unpaired) electrons. The van der Waals surface area contributed by atoms with Crippen LogP contribution in [0.1, 0.15) is 102 Å². The molecule has 2 aromatic heterocycles. The molecule has 0 spiro atoms. The first kappa shape index (κ1) is 47.2. The summed E-state index contributed by atoms with van der Waals surface area (Å²) in [6, 6.07) is 13.8. The first-order valence-corrected chi connectivity index (χ1v) is 24.0. The molecule has 64 heavy (non-hydrogen) atoms. The average molecular weight is 917 g/mol. The number of amides is 7. The smallest absolute Gasteiger partial charge is 0.264 e. The molecular weight excluding hydrogens is 865 g/mol. The van der Waals surface area contributed by atoms with Crippen LogP contribution in [0.2, 0.25) is 0 Å². The number of hydrogen-bond donors (Lipinski definition) is 5. The number of thiazole rings is 1. The highest BCUT2D eigenvalue weighted by Gasteiger charge is 2.45. The number of benzene rings is 2. The molecule has 7 amide bonds. The molecule has 4 aromatic rings. The maximum atomic E-state index is 13.4. The number of imide groups is 2. The predicted octanol–water partition coefficient (Wildman–Crippen LogP) is 4.31. The van der Waals surface area contributed by atoms with Gasteiger partial charge in [0.1, 0.15) is 12.1 Å². The molecule has 0 bridgehead atoms. The molecule has 340 valence electrons. The van der Waals surface area contributed by atoms with E-state index in [9.17, 15) is 42.0 Å². The summed E-state index contributed by atoms with van der Waals surface area (Å²) < 4.78 is 30.5. The topological polar surface area (TPSA) is 244 Å².